The number of anilines is 1. The highest BCUT2D eigenvalue weighted by Gasteiger charge is 2.40. The summed E-state index contributed by atoms with van der Waals surface area (Å²) in [5.74, 6) is -0.467. The maximum absolute atomic E-state index is 12.2. The number of hydrogen-bond acceptors (Lipinski definition) is 8. The third kappa shape index (κ3) is 4.05. The van der Waals surface area contributed by atoms with Crippen LogP contribution in [0, 0.1) is 0 Å². The number of nitrogens with zero attached hydrogens (tertiary/aromatic N) is 5. The molecule has 4 rings (SSSR count). The molecule has 2 fully saturated rings. The molecule has 2 aromatic heterocycles. The second-order valence-corrected chi connectivity index (χ2v) is 8.66. The van der Waals surface area contributed by atoms with Gasteiger partial charge in [0.15, 0.2) is 11.3 Å². The van der Waals surface area contributed by atoms with Gasteiger partial charge in [0.05, 0.1) is 19.0 Å². The smallest absolute Gasteiger partial charge is 0.356 e. The molecule has 30 heavy (non-hydrogen) atoms. The van der Waals surface area contributed by atoms with Crippen molar-refractivity contribution in [3.05, 3.63) is 24.2 Å². The van der Waals surface area contributed by atoms with Crippen molar-refractivity contribution in [2.45, 2.75) is 23.5 Å². The molecule has 1 aliphatic carbocycles. The molecule has 1 aliphatic heterocycles. The van der Waals surface area contributed by atoms with Crippen molar-refractivity contribution < 1.29 is 19.4 Å². The SMILES string of the molecule is COC(=O)c1cnc2c(N3CCN(C(=O)N(C)C)CC3)cc(SNC3(O)CC3)cn12. The molecule has 0 spiro atoms. The fourth-order valence-corrected chi connectivity index (χ4v) is 4.23. The highest BCUT2D eigenvalue weighted by atomic mass is 32.2. The molecule has 10 nitrogen and oxygen atoms in total. The number of fused-ring (bicyclic) bond motifs is 1. The molecule has 1 saturated carbocycles. The van der Waals surface area contributed by atoms with Gasteiger partial charge in [0, 0.05) is 51.4 Å². The molecule has 0 aromatic carbocycles. The first-order valence-electron chi connectivity index (χ1n) is 9.78. The van der Waals surface area contributed by atoms with Gasteiger partial charge in [0.25, 0.3) is 0 Å². The average molecular weight is 435 g/mol. The Morgan fingerprint density at radius 1 is 1.27 bits per heavy atom. The third-order valence-corrected chi connectivity index (χ3v) is 6.25. The zero-order valence-electron chi connectivity index (χ0n) is 17.3. The van der Waals surface area contributed by atoms with Gasteiger partial charge >= 0.3 is 12.0 Å². The molecule has 0 unspecified atom stereocenters. The van der Waals surface area contributed by atoms with Crippen LogP contribution >= 0.6 is 11.9 Å². The van der Waals surface area contributed by atoms with Gasteiger partial charge in [0.2, 0.25) is 0 Å². The van der Waals surface area contributed by atoms with Crippen molar-refractivity contribution >= 4 is 35.3 Å². The maximum Gasteiger partial charge on any atom is 0.356 e. The van der Waals surface area contributed by atoms with Gasteiger partial charge in [-0.2, -0.15) is 0 Å². The number of nitrogens with one attached hydrogen (secondary N) is 1. The Bertz CT molecular complexity index is 965. The van der Waals surface area contributed by atoms with E-state index < -0.39 is 11.7 Å². The van der Waals surface area contributed by atoms with Crippen LogP contribution in [-0.2, 0) is 4.74 Å². The highest BCUT2D eigenvalue weighted by Crippen LogP contribution is 2.36. The van der Waals surface area contributed by atoms with Crippen LogP contribution in [0.15, 0.2) is 23.4 Å². The summed E-state index contributed by atoms with van der Waals surface area (Å²) >= 11 is 1.33. The number of rotatable bonds is 5. The molecular formula is C19H26N6O4S. The van der Waals surface area contributed by atoms with Crippen LogP contribution in [0.2, 0.25) is 0 Å². The van der Waals surface area contributed by atoms with E-state index in [9.17, 15) is 14.7 Å². The summed E-state index contributed by atoms with van der Waals surface area (Å²) in [4.78, 5) is 35.3. The van der Waals surface area contributed by atoms with Crippen LogP contribution in [0.4, 0.5) is 10.5 Å². The van der Waals surface area contributed by atoms with E-state index in [1.807, 2.05) is 17.2 Å². The van der Waals surface area contributed by atoms with E-state index in [0.29, 0.717) is 37.5 Å². The quantitative estimate of drug-likeness (QED) is 0.408. The number of esters is 1. The lowest BCUT2D eigenvalue weighted by Gasteiger charge is -2.37. The number of pyridine rings is 1. The first-order valence-corrected chi connectivity index (χ1v) is 10.6. The number of urea groups is 1. The summed E-state index contributed by atoms with van der Waals surface area (Å²) in [6, 6.07) is 2.00. The molecule has 3 heterocycles. The lowest BCUT2D eigenvalue weighted by atomic mass is 10.2. The molecule has 11 heteroatoms. The monoisotopic (exact) mass is 434 g/mol. The van der Waals surface area contributed by atoms with Crippen molar-refractivity contribution in [2.24, 2.45) is 0 Å². The first kappa shape index (κ1) is 20.8. The van der Waals surface area contributed by atoms with E-state index in [1.54, 1.807) is 23.4 Å². The fraction of sp³-hybridized carbons (Fsp3) is 0.526. The Kier molecular flexibility index (Phi) is 5.51. The maximum atomic E-state index is 12.2. The van der Waals surface area contributed by atoms with E-state index in [4.69, 9.17) is 4.74 Å². The number of piperazine rings is 1. The van der Waals surface area contributed by atoms with Gasteiger partial charge in [-0.25, -0.2) is 19.3 Å². The number of amides is 2. The Morgan fingerprint density at radius 3 is 2.57 bits per heavy atom. The standard InChI is InChI=1S/C19H26N6O4S/c1-22(2)18(27)24-8-6-23(7-9-24)14-10-13(30-21-19(28)4-5-19)12-25-15(17(26)29-3)11-20-16(14)25/h10-12,21,28H,4-9H2,1-3H3. The molecule has 2 N–H and O–H groups in total. The van der Waals surface area contributed by atoms with E-state index in [-0.39, 0.29) is 6.03 Å². The van der Waals surface area contributed by atoms with E-state index in [0.717, 1.165) is 23.4 Å². The van der Waals surface area contributed by atoms with Crippen LogP contribution in [0.1, 0.15) is 23.3 Å². The predicted octanol–water partition coefficient (Wildman–Crippen LogP) is 1.00. The van der Waals surface area contributed by atoms with Gasteiger partial charge in [-0.3, -0.25) is 4.40 Å². The van der Waals surface area contributed by atoms with Crippen LogP contribution in [-0.4, -0.2) is 89.4 Å². The fourth-order valence-electron chi connectivity index (χ4n) is 3.38. The summed E-state index contributed by atoms with van der Waals surface area (Å²) < 4.78 is 9.69. The summed E-state index contributed by atoms with van der Waals surface area (Å²) in [5.41, 5.74) is 1.04. The van der Waals surface area contributed by atoms with Gasteiger partial charge in [-0.05, 0) is 30.9 Å². The normalized spacial score (nSPS) is 17.9. The summed E-state index contributed by atoms with van der Waals surface area (Å²) in [5, 5.41) is 10.1. The van der Waals surface area contributed by atoms with Crippen LogP contribution < -0.4 is 9.62 Å². The second-order valence-electron chi connectivity index (χ2n) is 7.78. The first-order chi connectivity index (χ1) is 14.3. The molecule has 2 aliphatic rings. The van der Waals surface area contributed by atoms with Gasteiger partial charge < -0.3 is 24.5 Å². The lowest BCUT2D eigenvalue weighted by Crippen LogP contribution is -2.51. The Morgan fingerprint density at radius 2 is 1.97 bits per heavy atom. The molecule has 2 amide bonds. The Hall–Kier alpha value is -2.50. The molecule has 0 atom stereocenters. The van der Waals surface area contributed by atoms with Crippen LogP contribution in [0.3, 0.4) is 0 Å². The number of aliphatic hydroxyl groups is 1. The Labute approximate surface area is 178 Å². The zero-order valence-corrected chi connectivity index (χ0v) is 18.1. The third-order valence-electron chi connectivity index (χ3n) is 5.31. The van der Waals surface area contributed by atoms with Crippen molar-refractivity contribution in [3.8, 4) is 0 Å². The number of hydrogen-bond donors (Lipinski definition) is 2. The zero-order chi connectivity index (χ0) is 21.5. The number of carbonyl (C=O) groups excluding carboxylic acids is 2. The topological polar surface area (TPSA) is 103 Å². The number of aromatic nitrogens is 2. The predicted molar refractivity (Wildman–Crippen MR) is 113 cm³/mol. The number of imidazole rings is 1. The van der Waals surface area contributed by atoms with Crippen molar-refractivity contribution in [3.63, 3.8) is 0 Å². The van der Waals surface area contributed by atoms with Gasteiger partial charge in [0.1, 0.15) is 5.72 Å². The minimum atomic E-state index is -0.821. The van der Waals surface area contributed by atoms with E-state index in [2.05, 4.69) is 14.6 Å². The van der Waals surface area contributed by atoms with E-state index in [1.165, 1.54) is 25.3 Å². The van der Waals surface area contributed by atoms with Crippen molar-refractivity contribution in [1.82, 2.24) is 23.9 Å². The molecule has 2 aromatic rings. The van der Waals surface area contributed by atoms with Crippen LogP contribution in [0.5, 0.6) is 0 Å². The van der Waals surface area contributed by atoms with Crippen molar-refractivity contribution in [1.29, 1.82) is 0 Å². The van der Waals surface area contributed by atoms with Gasteiger partial charge in [-0.15, -0.1) is 0 Å². The summed E-state index contributed by atoms with van der Waals surface area (Å²) in [6.45, 7) is 2.51. The highest BCUT2D eigenvalue weighted by molar-refractivity contribution is 7.97. The summed E-state index contributed by atoms with van der Waals surface area (Å²) in [6.07, 6.45) is 4.75. The summed E-state index contributed by atoms with van der Waals surface area (Å²) in [7, 11) is 4.84. The number of methoxy groups -OCH3 is 1. The second kappa shape index (κ2) is 7.97. The largest absolute Gasteiger partial charge is 0.464 e. The molecule has 0 radical (unpaired) electrons. The minimum absolute atomic E-state index is 0.000214. The average Bonchev–Trinajstić information content (AvgIpc) is 3.34. The molecular weight excluding hydrogens is 408 g/mol. The van der Waals surface area contributed by atoms with Crippen molar-refractivity contribution in [2.75, 3.05) is 52.3 Å². The lowest BCUT2D eigenvalue weighted by molar-refractivity contribution is 0.0592. The molecule has 1 saturated heterocycles. The van der Waals surface area contributed by atoms with Gasteiger partial charge in [-0.1, -0.05) is 0 Å². The number of carbonyl (C=O) groups is 2. The molecule has 0 bridgehead atoms. The minimum Gasteiger partial charge on any atom is -0.464 e. The Balaban J connectivity index is 1.63. The number of ether oxygens (including phenoxy) is 1. The van der Waals surface area contributed by atoms with Crippen LogP contribution in [0.25, 0.3) is 5.65 Å². The molecule has 162 valence electrons. The van der Waals surface area contributed by atoms with E-state index >= 15 is 0 Å².